The predicted octanol–water partition coefficient (Wildman–Crippen LogP) is 3.97. The number of benzene rings is 1. The third-order valence-electron chi connectivity index (χ3n) is 4.73. The van der Waals surface area contributed by atoms with E-state index in [1.807, 2.05) is 6.92 Å². The molecule has 9 nitrogen and oxygen atoms in total. The quantitative estimate of drug-likeness (QED) is 0.469. The smallest absolute Gasteiger partial charge is 0.328 e. The van der Waals surface area contributed by atoms with Gasteiger partial charge in [-0.15, -0.1) is 0 Å². The summed E-state index contributed by atoms with van der Waals surface area (Å²) in [6.07, 6.45) is 1.76. The molecule has 34 heavy (non-hydrogen) atoms. The highest BCUT2D eigenvalue weighted by atomic mass is 35.5. The number of pyridine rings is 1. The summed E-state index contributed by atoms with van der Waals surface area (Å²) in [4.78, 5) is 40.8. The van der Waals surface area contributed by atoms with E-state index >= 15 is 0 Å². The Kier molecular flexibility index (Phi) is 10.1. The topological polar surface area (TPSA) is 113 Å². The molecule has 0 aliphatic carbocycles. The zero-order chi connectivity index (χ0) is 25.3. The van der Waals surface area contributed by atoms with Gasteiger partial charge in [0.1, 0.15) is 24.0 Å². The molecule has 0 saturated carbocycles. The van der Waals surface area contributed by atoms with Crippen LogP contribution in [0.4, 0.5) is 0 Å². The van der Waals surface area contributed by atoms with Crippen molar-refractivity contribution in [2.45, 2.75) is 58.8 Å². The number of nitrogens with one attached hydrogen (secondary N) is 1. The average molecular weight is 493 g/mol. The molecule has 0 unspecified atom stereocenters. The molecule has 0 radical (unpaired) electrons. The van der Waals surface area contributed by atoms with E-state index in [9.17, 15) is 14.4 Å². The Morgan fingerprint density at radius 1 is 1.18 bits per heavy atom. The van der Waals surface area contributed by atoms with E-state index < -0.39 is 36.1 Å². The van der Waals surface area contributed by atoms with Gasteiger partial charge in [-0.25, -0.2) is 9.78 Å². The molecule has 0 aliphatic heterocycles. The van der Waals surface area contributed by atoms with Crippen LogP contribution in [0.2, 0.25) is 5.02 Å². The van der Waals surface area contributed by atoms with Crippen molar-refractivity contribution in [3.8, 4) is 17.2 Å². The predicted molar refractivity (Wildman–Crippen MR) is 125 cm³/mol. The highest BCUT2D eigenvalue weighted by Crippen LogP contribution is 2.29. The van der Waals surface area contributed by atoms with Crippen molar-refractivity contribution in [1.82, 2.24) is 10.3 Å². The number of hydrogen-bond donors (Lipinski definition) is 1. The molecule has 2 rings (SSSR count). The Hall–Kier alpha value is -3.33. The van der Waals surface area contributed by atoms with Crippen molar-refractivity contribution >= 4 is 29.4 Å². The number of methoxy groups -OCH3 is 1. The summed E-state index contributed by atoms with van der Waals surface area (Å²) in [6, 6.07) is 7.40. The second-order valence-electron chi connectivity index (χ2n) is 7.52. The van der Waals surface area contributed by atoms with Gasteiger partial charge in [-0.05, 0) is 38.5 Å². The Morgan fingerprint density at radius 2 is 1.91 bits per heavy atom. The van der Waals surface area contributed by atoms with Crippen LogP contribution in [0.3, 0.4) is 0 Å². The van der Waals surface area contributed by atoms with Crippen LogP contribution < -0.4 is 19.5 Å². The molecule has 0 spiro atoms. The van der Waals surface area contributed by atoms with Crippen LogP contribution in [0.15, 0.2) is 36.5 Å². The first kappa shape index (κ1) is 26.9. The minimum Gasteiger partial charge on any atom is -0.493 e. The van der Waals surface area contributed by atoms with Gasteiger partial charge in [-0.2, -0.15) is 0 Å². The molecule has 10 heteroatoms. The maximum absolute atomic E-state index is 12.8. The van der Waals surface area contributed by atoms with E-state index in [4.69, 9.17) is 30.5 Å². The fourth-order valence-corrected chi connectivity index (χ4v) is 3.25. The van der Waals surface area contributed by atoms with Crippen LogP contribution in [0.25, 0.3) is 0 Å². The Labute approximate surface area is 203 Å². The number of aromatic nitrogens is 1. The van der Waals surface area contributed by atoms with Gasteiger partial charge in [0.15, 0.2) is 11.4 Å². The van der Waals surface area contributed by atoms with Crippen LogP contribution in [0.1, 0.15) is 51.0 Å². The molecular weight excluding hydrogens is 464 g/mol. The lowest BCUT2D eigenvalue weighted by atomic mass is 10.1. The molecule has 1 N–H and O–H groups in total. The Bertz CT molecular complexity index is 1010. The molecule has 0 bridgehead atoms. The molecule has 1 heterocycles. The largest absolute Gasteiger partial charge is 0.493 e. The van der Waals surface area contributed by atoms with Gasteiger partial charge in [0.05, 0.1) is 7.11 Å². The third-order valence-corrected chi connectivity index (χ3v) is 4.97. The van der Waals surface area contributed by atoms with Gasteiger partial charge in [0.2, 0.25) is 5.75 Å². The first-order chi connectivity index (χ1) is 16.2. The van der Waals surface area contributed by atoms with Gasteiger partial charge in [-0.1, -0.05) is 31.0 Å². The lowest BCUT2D eigenvalue weighted by molar-refractivity contribution is -0.154. The first-order valence-electron chi connectivity index (χ1n) is 10.8. The SMILES string of the molecule is CCC[C@@H](Oc1cccc(Cl)c1)[C@H](C)OC(=O)[C@H](C)NC(=O)c1nccc(OC)c1OC(C)=O. The van der Waals surface area contributed by atoms with Crippen molar-refractivity contribution in [1.29, 1.82) is 0 Å². The number of esters is 2. The van der Waals surface area contributed by atoms with Gasteiger partial charge < -0.3 is 24.3 Å². The zero-order valence-corrected chi connectivity index (χ0v) is 20.5. The van der Waals surface area contributed by atoms with Crippen LogP contribution >= 0.6 is 11.6 Å². The Balaban J connectivity index is 2.07. The highest BCUT2D eigenvalue weighted by molar-refractivity contribution is 6.30. The van der Waals surface area contributed by atoms with Crippen molar-refractivity contribution in [2.24, 2.45) is 0 Å². The van der Waals surface area contributed by atoms with E-state index in [2.05, 4.69) is 10.3 Å². The van der Waals surface area contributed by atoms with Gasteiger partial charge in [0, 0.05) is 24.2 Å². The minimum absolute atomic E-state index is 0.137. The summed E-state index contributed by atoms with van der Waals surface area (Å²) < 4.78 is 21.8. The molecule has 1 amide bonds. The number of amides is 1. The molecule has 1 aromatic carbocycles. The maximum atomic E-state index is 12.8. The highest BCUT2D eigenvalue weighted by Gasteiger charge is 2.28. The average Bonchev–Trinajstić information content (AvgIpc) is 2.78. The standard InChI is InChI=1S/C24H29ClN2O7/c1-6-8-19(34-18-10-7-9-17(25)13-18)15(3)32-24(30)14(2)27-23(29)21-22(33-16(4)28)20(31-5)11-12-26-21/h7,9-15,19H,6,8H2,1-5H3,(H,27,29)/t14-,15-,19+/m0/s1. The zero-order valence-electron chi connectivity index (χ0n) is 19.8. The molecule has 0 aliphatic rings. The summed E-state index contributed by atoms with van der Waals surface area (Å²) in [7, 11) is 1.36. The molecular formula is C24H29ClN2O7. The van der Waals surface area contributed by atoms with Gasteiger partial charge in [0.25, 0.3) is 5.91 Å². The third kappa shape index (κ3) is 7.62. The number of rotatable bonds is 11. The number of nitrogens with zero attached hydrogens (tertiary/aromatic N) is 1. The van der Waals surface area contributed by atoms with Crippen molar-refractivity contribution < 1.29 is 33.3 Å². The van der Waals surface area contributed by atoms with Gasteiger partial charge in [-0.3, -0.25) is 9.59 Å². The van der Waals surface area contributed by atoms with Crippen LogP contribution in [-0.4, -0.2) is 48.2 Å². The Morgan fingerprint density at radius 3 is 2.53 bits per heavy atom. The summed E-state index contributed by atoms with van der Waals surface area (Å²) in [6.45, 7) is 6.38. The van der Waals surface area contributed by atoms with Crippen molar-refractivity contribution in [3.05, 3.63) is 47.2 Å². The van der Waals surface area contributed by atoms with E-state index in [0.29, 0.717) is 17.2 Å². The summed E-state index contributed by atoms with van der Waals surface area (Å²) in [5.41, 5.74) is -0.199. The second-order valence-corrected chi connectivity index (χ2v) is 7.96. The van der Waals surface area contributed by atoms with Crippen LogP contribution in [0.5, 0.6) is 17.2 Å². The lowest BCUT2D eigenvalue weighted by Crippen LogP contribution is -2.43. The van der Waals surface area contributed by atoms with E-state index in [1.54, 1.807) is 31.2 Å². The van der Waals surface area contributed by atoms with E-state index in [1.165, 1.54) is 33.2 Å². The first-order valence-corrected chi connectivity index (χ1v) is 11.2. The van der Waals surface area contributed by atoms with E-state index in [-0.39, 0.29) is 17.2 Å². The fraction of sp³-hybridized carbons (Fsp3) is 0.417. The molecule has 3 atom stereocenters. The number of halogens is 1. The van der Waals surface area contributed by atoms with Crippen molar-refractivity contribution in [3.63, 3.8) is 0 Å². The fourth-order valence-electron chi connectivity index (χ4n) is 3.07. The number of carbonyl (C=O) groups is 3. The minimum atomic E-state index is -1.01. The summed E-state index contributed by atoms with van der Waals surface area (Å²) in [5.74, 6) is -1.46. The molecule has 0 saturated heterocycles. The summed E-state index contributed by atoms with van der Waals surface area (Å²) >= 11 is 6.02. The van der Waals surface area contributed by atoms with Crippen LogP contribution in [-0.2, 0) is 14.3 Å². The molecule has 2 aromatic rings. The second kappa shape index (κ2) is 12.8. The lowest BCUT2D eigenvalue weighted by Gasteiger charge is -2.26. The number of carbonyl (C=O) groups excluding carboxylic acids is 3. The monoisotopic (exact) mass is 492 g/mol. The molecule has 184 valence electrons. The van der Waals surface area contributed by atoms with E-state index in [0.717, 1.165) is 6.42 Å². The normalized spacial score (nSPS) is 13.2. The maximum Gasteiger partial charge on any atom is 0.328 e. The molecule has 0 fully saturated rings. The summed E-state index contributed by atoms with van der Waals surface area (Å²) in [5, 5.41) is 3.05. The van der Waals surface area contributed by atoms with Crippen molar-refractivity contribution in [2.75, 3.05) is 7.11 Å². The molecule has 1 aromatic heterocycles. The number of hydrogen-bond acceptors (Lipinski definition) is 8. The van der Waals surface area contributed by atoms with Crippen LogP contribution in [0, 0.1) is 0 Å². The van der Waals surface area contributed by atoms with Gasteiger partial charge >= 0.3 is 11.9 Å². The number of ether oxygens (including phenoxy) is 4.